The van der Waals surface area contributed by atoms with Crippen LogP contribution in [0.3, 0.4) is 0 Å². The highest BCUT2D eigenvalue weighted by Crippen LogP contribution is 2.30. The van der Waals surface area contributed by atoms with Crippen molar-refractivity contribution in [2.45, 2.75) is 31.8 Å². The number of fused-ring (bicyclic) bond motifs is 1. The molecule has 128 valence electrons. The summed E-state index contributed by atoms with van der Waals surface area (Å²) in [5, 5.41) is 8.13. The number of benzene rings is 1. The van der Waals surface area contributed by atoms with Crippen molar-refractivity contribution in [2.75, 3.05) is 32.2 Å². The summed E-state index contributed by atoms with van der Waals surface area (Å²) < 4.78 is 18.8. The molecule has 4 rings (SSSR count). The first kappa shape index (κ1) is 15.3. The standard InChI is InChI=1S/C18H23N3O3/c1-12-17(9-19-21(12)15-5-6-23-11-15)20-14-7-13-8-16(22-2)3-4-18(13)24-10-14/h3-4,8-9,14-15,20H,5-7,10-11H2,1-2H3. The summed E-state index contributed by atoms with van der Waals surface area (Å²) in [6.45, 7) is 4.33. The number of nitrogens with zero attached hydrogens (tertiary/aromatic N) is 2. The van der Waals surface area contributed by atoms with Crippen molar-refractivity contribution in [2.24, 2.45) is 0 Å². The Morgan fingerprint density at radius 2 is 2.25 bits per heavy atom. The fourth-order valence-corrected chi connectivity index (χ4v) is 3.46. The zero-order valence-corrected chi connectivity index (χ0v) is 14.1. The third kappa shape index (κ3) is 2.82. The monoisotopic (exact) mass is 329 g/mol. The van der Waals surface area contributed by atoms with Crippen LogP contribution in [0.2, 0.25) is 0 Å². The highest BCUT2D eigenvalue weighted by atomic mass is 16.5. The van der Waals surface area contributed by atoms with Gasteiger partial charge in [0.15, 0.2) is 0 Å². The minimum atomic E-state index is 0.223. The lowest BCUT2D eigenvalue weighted by Gasteiger charge is -2.27. The molecule has 1 aromatic heterocycles. The van der Waals surface area contributed by atoms with Gasteiger partial charge in [-0.05, 0) is 43.5 Å². The predicted octanol–water partition coefficient (Wildman–Crippen LogP) is 2.58. The highest BCUT2D eigenvalue weighted by Gasteiger charge is 2.24. The second kappa shape index (κ2) is 6.36. The van der Waals surface area contributed by atoms with Crippen LogP contribution in [0.15, 0.2) is 24.4 Å². The third-order valence-corrected chi connectivity index (χ3v) is 4.83. The fraction of sp³-hybridized carbons (Fsp3) is 0.500. The Morgan fingerprint density at radius 1 is 1.33 bits per heavy atom. The topological polar surface area (TPSA) is 57.5 Å². The zero-order chi connectivity index (χ0) is 16.5. The van der Waals surface area contributed by atoms with Crippen molar-refractivity contribution >= 4 is 5.69 Å². The molecule has 3 heterocycles. The molecule has 0 spiro atoms. The van der Waals surface area contributed by atoms with Crippen LogP contribution < -0.4 is 14.8 Å². The van der Waals surface area contributed by atoms with Crippen molar-refractivity contribution in [3.63, 3.8) is 0 Å². The predicted molar refractivity (Wildman–Crippen MR) is 91.0 cm³/mol. The zero-order valence-electron chi connectivity index (χ0n) is 14.1. The van der Waals surface area contributed by atoms with E-state index >= 15 is 0 Å². The Balaban J connectivity index is 1.48. The van der Waals surface area contributed by atoms with E-state index in [-0.39, 0.29) is 6.04 Å². The molecule has 2 aromatic rings. The largest absolute Gasteiger partial charge is 0.497 e. The van der Waals surface area contributed by atoms with Gasteiger partial charge < -0.3 is 19.5 Å². The van der Waals surface area contributed by atoms with E-state index in [1.165, 1.54) is 5.56 Å². The van der Waals surface area contributed by atoms with Crippen LogP contribution in [-0.4, -0.2) is 42.8 Å². The molecule has 1 N–H and O–H groups in total. The lowest BCUT2D eigenvalue weighted by Crippen LogP contribution is -2.33. The van der Waals surface area contributed by atoms with Gasteiger partial charge in [-0.2, -0.15) is 5.10 Å². The number of anilines is 1. The Bertz CT molecular complexity index is 722. The lowest BCUT2D eigenvalue weighted by molar-refractivity contribution is 0.184. The van der Waals surface area contributed by atoms with E-state index in [0.717, 1.165) is 48.9 Å². The average molecular weight is 329 g/mol. The molecule has 0 aliphatic carbocycles. The number of ether oxygens (including phenoxy) is 3. The lowest BCUT2D eigenvalue weighted by atomic mass is 10.0. The number of hydrogen-bond donors (Lipinski definition) is 1. The quantitative estimate of drug-likeness (QED) is 0.934. The number of nitrogens with one attached hydrogen (secondary N) is 1. The molecule has 6 heteroatoms. The molecular formula is C18H23N3O3. The van der Waals surface area contributed by atoms with Gasteiger partial charge in [0.1, 0.15) is 18.1 Å². The second-order valence-corrected chi connectivity index (χ2v) is 6.44. The molecular weight excluding hydrogens is 306 g/mol. The van der Waals surface area contributed by atoms with Gasteiger partial charge >= 0.3 is 0 Å². The fourth-order valence-electron chi connectivity index (χ4n) is 3.46. The van der Waals surface area contributed by atoms with Crippen LogP contribution in [0.1, 0.15) is 23.7 Å². The number of hydrogen-bond acceptors (Lipinski definition) is 5. The van der Waals surface area contributed by atoms with Crippen LogP contribution in [0.5, 0.6) is 11.5 Å². The van der Waals surface area contributed by atoms with Crippen LogP contribution >= 0.6 is 0 Å². The van der Waals surface area contributed by atoms with E-state index in [1.807, 2.05) is 18.3 Å². The van der Waals surface area contributed by atoms with Crippen molar-refractivity contribution in [1.82, 2.24) is 9.78 Å². The summed E-state index contributed by atoms with van der Waals surface area (Å²) in [6, 6.07) is 6.54. The van der Waals surface area contributed by atoms with E-state index in [2.05, 4.69) is 28.1 Å². The van der Waals surface area contributed by atoms with Gasteiger partial charge in [0, 0.05) is 6.61 Å². The van der Waals surface area contributed by atoms with Crippen LogP contribution in [0, 0.1) is 6.92 Å². The van der Waals surface area contributed by atoms with Crippen LogP contribution in [0.25, 0.3) is 0 Å². The van der Waals surface area contributed by atoms with Crippen LogP contribution in [-0.2, 0) is 11.2 Å². The van der Waals surface area contributed by atoms with Gasteiger partial charge in [-0.15, -0.1) is 0 Å². The molecule has 2 unspecified atom stereocenters. The Morgan fingerprint density at radius 3 is 3.04 bits per heavy atom. The maximum Gasteiger partial charge on any atom is 0.122 e. The van der Waals surface area contributed by atoms with Gasteiger partial charge in [0.25, 0.3) is 0 Å². The van der Waals surface area contributed by atoms with E-state index in [1.54, 1.807) is 7.11 Å². The van der Waals surface area contributed by atoms with Crippen molar-refractivity contribution in [1.29, 1.82) is 0 Å². The third-order valence-electron chi connectivity index (χ3n) is 4.83. The van der Waals surface area contributed by atoms with Gasteiger partial charge in [-0.25, -0.2) is 0 Å². The van der Waals surface area contributed by atoms with E-state index in [4.69, 9.17) is 14.2 Å². The van der Waals surface area contributed by atoms with E-state index in [9.17, 15) is 0 Å². The van der Waals surface area contributed by atoms with Gasteiger partial charge in [-0.1, -0.05) is 0 Å². The van der Waals surface area contributed by atoms with Gasteiger partial charge in [-0.3, -0.25) is 4.68 Å². The summed E-state index contributed by atoms with van der Waals surface area (Å²) in [5.74, 6) is 1.81. The second-order valence-electron chi connectivity index (χ2n) is 6.44. The molecule has 2 aliphatic rings. The Kier molecular flexibility index (Phi) is 4.06. The molecule has 0 saturated carbocycles. The maximum atomic E-state index is 5.89. The number of aromatic nitrogens is 2. The first-order valence-electron chi connectivity index (χ1n) is 8.42. The molecule has 1 aromatic carbocycles. The first-order chi connectivity index (χ1) is 11.7. The molecule has 0 radical (unpaired) electrons. The number of methoxy groups -OCH3 is 1. The summed E-state index contributed by atoms with van der Waals surface area (Å²) in [4.78, 5) is 0. The Hall–Kier alpha value is -2.21. The van der Waals surface area contributed by atoms with E-state index < -0.39 is 0 Å². The molecule has 2 atom stereocenters. The summed E-state index contributed by atoms with van der Waals surface area (Å²) >= 11 is 0. The van der Waals surface area contributed by atoms with Crippen LogP contribution in [0.4, 0.5) is 5.69 Å². The number of rotatable bonds is 4. The van der Waals surface area contributed by atoms with Crippen molar-refractivity contribution in [3.8, 4) is 11.5 Å². The molecule has 1 saturated heterocycles. The molecule has 2 aliphatic heterocycles. The van der Waals surface area contributed by atoms with Crippen molar-refractivity contribution in [3.05, 3.63) is 35.7 Å². The molecule has 1 fully saturated rings. The highest BCUT2D eigenvalue weighted by molar-refractivity contribution is 5.49. The molecule has 0 amide bonds. The van der Waals surface area contributed by atoms with Crippen molar-refractivity contribution < 1.29 is 14.2 Å². The van der Waals surface area contributed by atoms with Gasteiger partial charge in [0.05, 0.1) is 43.4 Å². The molecule has 6 nitrogen and oxygen atoms in total. The summed E-state index contributed by atoms with van der Waals surface area (Å²) in [5.41, 5.74) is 3.40. The minimum Gasteiger partial charge on any atom is -0.497 e. The SMILES string of the molecule is COc1ccc2c(c1)CC(Nc1cnn(C3CCOC3)c1C)CO2. The summed E-state index contributed by atoms with van der Waals surface area (Å²) in [6.07, 6.45) is 3.85. The maximum absolute atomic E-state index is 5.89. The molecule has 0 bridgehead atoms. The normalized spacial score (nSPS) is 22.8. The van der Waals surface area contributed by atoms with E-state index in [0.29, 0.717) is 12.6 Å². The Labute approximate surface area is 141 Å². The first-order valence-corrected chi connectivity index (χ1v) is 8.42. The van der Waals surface area contributed by atoms with Gasteiger partial charge in [0.2, 0.25) is 0 Å². The average Bonchev–Trinajstić information content (AvgIpc) is 3.25. The molecule has 24 heavy (non-hydrogen) atoms. The summed E-state index contributed by atoms with van der Waals surface area (Å²) in [7, 11) is 1.69. The minimum absolute atomic E-state index is 0.223. The smallest absolute Gasteiger partial charge is 0.122 e.